The molecule has 1 aromatic rings. The number of aromatic nitrogens is 1. The summed E-state index contributed by atoms with van der Waals surface area (Å²) in [6.45, 7) is 2.04. The summed E-state index contributed by atoms with van der Waals surface area (Å²) in [5.41, 5.74) is 0.899. The van der Waals surface area contributed by atoms with Gasteiger partial charge in [-0.2, -0.15) is 0 Å². The average Bonchev–Trinajstić information content (AvgIpc) is 2.35. The van der Waals surface area contributed by atoms with Crippen molar-refractivity contribution in [3.63, 3.8) is 0 Å². The first-order chi connectivity index (χ1) is 8.18. The zero-order valence-electron chi connectivity index (χ0n) is 10.6. The molecule has 0 amide bonds. The summed E-state index contributed by atoms with van der Waals surface area (Å²) in [6.07, 6.45) is 8.52. The first-order valence-corrected chi connectivity index (χ1v) is 6.48. The van der Waals surface area contributed by atoms with Gasteiger partial charge in [-0.15, -0.1) is 0 Å². The highest BCUT2D eigenvalue weighted by molar-refractivity contribution is 5.09. The molecule has 94 valence electrons. The minimum absolute atomic E-state index is 0.417. The van der Waals surface area contributed by atoms with Crippen molar-refractivity contribution in [2.45, 2.75) is 37.7 Å². The van der Waals surface area contributed by atoms with Crippen LogP contribution in [0, 0.1) is 0 Å². The van der Waals surface area contributed by atoms with Crippen LogP contribution < -0.4 is 0 Å². The van der Waals surface area contributed by atoms with E-state index in [0.29, 0.717) is 0 Å². The molecule has 0 saturated carbocycles. The maximum Gasteiger partial charge on any atom is 0.0672 e. The summed E-state index contributed by atoms with van der Waals surface area (Å²) in [5.74, 6) is 0. The van der Waals surface area contributed by atoms with Gasteiger partial charge in [0.2, 0.25) is 0 Å². The van der Waals surface area contributed by atoms with Gasteiger partial charge >= 0.3 is 0 Å². The molecule has 0 radical (unpaired) electrons. The standard InChI is InChI=1S/C14H22N2O/c1-16-11-7-14(17,8-12-16)6-2-3-13-4-9-15-10-5-13/h4-5,9-10,17H,2-3,6-8,11-12H2,1H3. The van der Waals surface area contributed by atoms with Crippen LogP contribution >= 0.6 is 0 Å². The third-order valence-electron chi connectivity index (χ3n) is 3.77. The minimum Gasteiger partial charge on any atom is -0.390 e. The predicted octanol–water partition coefficient (Wildman–Crippen LogP) is 1.86. The lowest BCUT2D eigenvalue weighted by molar-refractivity contribution is -0.0236. The molecule has 0 spiro atoms. The van der Waals surface area contributed by atoms with E-state index in [4.69, 9.17) is 0 Å². The van der Waals surface area contributed by atoms with E-state index >= 15 is 0 Å². The van der Waals surface area contributed by atoms with Gasteiger partial charge in [-0.1, -0.05) is 0 Å². The summed E-state index contributed by atoms with van der Waals surface area (Å²) < 4.78 is 0. The maximum absolute atomic E-state index is 10.4. The topological polar surface area (TPSA) is 36.4 Å². The summed E-state index contributed by atoms with van der Waals surface area (Å²) in [4.78, 5) is 6.30. The Kier molecular flexibility index (Phi) is 4.13. The number of piperidine rings is 1. The molecule has 0 aliphatic carbocycles. The first kappa shape index (κ1) is 12.5. The van der Waals surface area contributed by atoms with Crippen molar-refractivity contribution >= 4 is 0 Å². The Bertz CT molecular complexity index is 331. The van der Waals surface area contributed by atoms with Gasteiger partial charge in [0.15, 0.2) is 0 Å². The summed E-state index contributed by atoms with van der Waals surface area (Å²) in [6, 6.07) is 4.11. The average molecular weight is 234 g/mol. The number of aliphatic hydroxyl groups is 1. The monoisotopic (exact) mass is 234 g/mol. The van der Waals surface area contributed by atoms with Crippen LogP contribution in [0.1, 0.15) is 31.2 Å². The molecule has 0 atom stereocenters. The fraction of sp³-hybridized carbons (Fsp3) is 0.643. The Hall–Kier alpha value is -0.930. The third-order valence-corrected chi connectivity index (χ3v) is 3.77. The molecular formula is C14H22N2O. The molecule has 2 rings (SSSR count). The Morgan fingerprint density at radius 1 is 1.29 bits per heavy atom. The molecule has 1 aliphatic rings. The molecule has 1 N–H and O–H groups in total. The van der Waals surface area contributed by atoms with E-state index in [1.807, 2.05) is 12.4 Å². The van der Waals surface area contributed by atoms with Crippen LogP contribution in [0.3, 0.4) is 0 Å². The molecule has 0 aromatic carbocycles. The molecule has 0 bridgehead atoms. The predicted molar refractivity (Wildman–Crippen MR) is 68.9 cm³/mol. The van der Waals surface area contributed by atoms with Crippen molar-refractivity contribution in [1.82, 2.24) is 9.88 Å². The van der Waals surface area contributed by atoms with Crippen LogP contribution in [0.25, 0.3) is 0 Å². The van der Waals surface area contributed by atoms with E-state index in [-0.39, 0.29) is 0 Å². The van der Waals surface area contributed by atoms with Gasteiger partial charge < -0.3 is 10.0 Å². The molecule has 3 heteroatoms. The minimum atomic E-state index is -0.417. The Morgan fingerprint density at radius 3 is 2.59 bits per heavy atom. The molecule has 1 saturated heterocycles. The highest BCUT2D eigenvalue weighted by Crippen LogP contribution is 2.26. The van der Waals surface area contributed by atoms with Crippen molar-refractivity contribution in [3.05, 3.63) is 30.1 Å². The van der Waals surface area contributed by atoms with E-state index in [9.17, 15) is 5.11 Å². The van der Waals surface area contributed by atoms with Crippen LogP contribution in [-0.2, 0) is 6.42 Å². The number of hydrogen-bond donors (Lipinski definition) is 1. The Balaban J connectivity index is 1.75. The second-order valence-electron chi connectivity index (χ2n) is 5.24. The van der Waals surface area contributed by atoms with E-state index in [2.05, 4.69) is 29.1 Å². The van der Waals surface area contributed by atoms with Crippen LogP contribution in [0.15, 0.2) is 24.5 Å². The van der Waals surface area contributed by atoms with Gasteiger partial charge in [-0.05, 0) is 56.8 Å². The largest absolute Gasteiger partial charge is 0.390 e. The smallest absolute Gasteiger partial charge is 0.0672 e. The highest BCUT2D eigenvalue weighted by atomic mass is 16.3. The van der Waals surface area contributed by atoms with Crippen molar-refractivity contribution in [1.29, 1.82) is 0 Å². The molecule has 17 heavy (non-hydrogen) atoms. The van der Waals surface area contributed by atoms with Crippen LogP contribution in [0.4, 0.5) is 0 Å². The van der Waals surface area contributed by atoms with Crippen LogP contribution in [0.5, 0.6) is 0 Å². The number of pyridine rings is 1. The van der Waals surface area contributed by atoms with Gasteiger partial charge in [-0.25, -0.2) is 0 Å². The van der Waals surface area contributed by atoms with Gasteiger partial charge in [0, 0.05) is 25.5 Å². The fourth-order valence-corrected chi connectivity index (χ4v) is 2.46. The normalized spacial score (nSPS) is 20.4. The number of rotatable bonds is 4. The zero-order chi connectivity index (χ0) is 12.1. The van der Waals surface area contributed by atoms with E-state index < -0.39 is 5.60 Å². The van der Waals surface area contributed by atoms with Gasteiger partial charge in [0.05, 0.1) is 5.60 Å². The first-order valence-electron chi connectivity index (χ1n) is 6.48. The lowest BCUT2D eigenvalue weighted by atomic mass is 9.86. The number of hydrogen-bond acceptors (Lipinski definition) is 3. The van der Waals surface area contributed by atoms with Crippen LogP contribution in [0.2, 0.25) is 0 Å². The van der Waals surface area contributed by atoms with Crippen molar-refractivity contribution in [2.24, 2.45) is 0 Å². The summed E-state index contributed by atoms with van der Waals surface area (Å²) in [7, 11) is 2.12. The van der Waals surface area contributed by atoms with Gasteiger partial charge in [-0.3, -0.25) is 4.98 Å². The molecule has 2 heterocycles. The molecule has 0 unspecified atom stereocenters. The zero-order valence-corrected chi connectivity index (χ0v) is 10.6. The van der Waals surface area contributed by atoms with Gasteiger partial charge in [0.1, 0.15) is 0 Å². The van der Waals surface area contributed by atoms with E-state index in [0.717, 1.165) is 45.2 Å². The van der Waals surface area contributed by atoms with E-state index in [1.54, 1.807) is 0 Å². The Labute approximate surface area is 103 Å². The fourth-order valence-electron chi connectivity index (χ4n) is 2.46. The molecule has 1 fully saturated rings. The van der Waals surface area contributed by atoms with Gasteiger partial charge in [0.25, 0.3) is 0 Å². The quantitative estimate of drug-likeness (QED) is 0.864. The van der Waals surface area contributed by atoms with E-state index in [1.165, 1.54) is 5.56 Å². The third kappa shape index (κ3) is 3.79. The number of aryl methyl sites for hydroxylation is 1. The lowest BCUT2D eigenvalue weighted by Gasteiger charge is -2.36. The highest BCUT2D eigenvalue weighted by Gasteiger charge is 2.30. The maximum atomic E-state index is 10.4. The van der Waals surface area contributed by atoms with Crippen LogP contribution in [-0.4, -0.2) is 40.7 Å². The molecule has 1 aromatic heterocycles. The van der Waals surface area contributed by atoms with Crippen molar-refractivity contribution in [3.8, 4) is 0 Å². The molecular weight excluding hydrogens is 212 g/mol. The second-order valence-corrected chi connectivity index (χ2v) is 5.24. The SMILES string of the molecule is CN1CCC(O)(CCCc2ccncc2)CC1. The molecule has 3 nitrogen and oxygen atoms in total. The summed E-state index contributed by atoms with van der Waals surface area (Å²) >= 11 is 0. The summed E-state index contributed by atoms with van der Waals surface area (Å²) in [5, 5.41) is 10.4. The molecule has 1 aliphatic heterocycles. The van der Waals surface area contributed by atoms with Crippen molar-refractivity contribution in [2.75, 3.05) is 20.1 Å². The lowest BCUT2D eigenvalue weighted by Crippen LogP contribution is -2.42. The second kappa shape index (κ2) is 5.61. The Morgan fingerprint density at radius 2 is 1.94 bits per heavy atom. The number of likely N-dealkylation sites (tertiary alicyclic amines) is 1. The number of nitrogens with zero attached hydrogens (tertiary/aromatic N) is 2. The van der Waals surface area contributed by atoms with Crippen molar-refractivity contribution < 1.29 is 5.11 Å².